The van der Waals surface area contributed by atoms with Crippen molar-refractivity contribution in [1.82, 2.24) is 29.6 Å². The Morgan fingerprint density at radius 1 is 1.16 bits per heavy atom. The summed E-state index contributed by atoms with van der Waals surface area (Å²) in [6.07, 6.45) is 7.78. The Hall–Kier alpha value is -3.23. The summed E-state index contributed by atoms with van der Waals surface area (Å²) in [6, 6.07) is 8.26. The molecule has 4 aromatic rings. The number of aromatic nitrogens is 5. The molecule has 0 unspecified atom stereocenters. The second-order valence-corrected chi connectivity index (χ2v) is 8.39. The van der Waals surface area contributed by atoms with Crippen molar-refractivity contribution in [3.63, 3.8) is 0 Å². The number of benzene rings is 1. The molecule has 0 bridgehead atoms. The van der Waals surface area contributed by atoms with Gasteiger partial charge in [0.05, 0.1) is 16.8 Å². The number of hydrogen-bond acceptors (Lipinski definition) is 6. The van der Waals surface area contributed by atoms with Gasteiger partial charge in [0, 0.05) is 30.8 Å². The predicted molar refractivity (Wildman–Crippen MR) is 119 cm³/mol. The molecule has 3 aromatic heterocycles. The molecule has 0 radical (unpaired) electrons. The second kappa shape index (κ2) is 7.18. The van der Waals surface area contributed by atoms with Gasteiger partial charge in [-0.3, -0.25) is 9.78 Å². The van der Waals surface area contributed by atoms with Gasteiger partial charge in [-0.15, -0.1) is 0 Å². The number of nitrogens with zero attached hydrogens (tertiary/aromatic N) is 5. The van der Waals surface area contributed by atoms with Gasteiger partial charge in [-0.05, 0) is 55.1 Å². The summed E-state index contributed by atoms with van der Waals surface area (Å²) in [5.74, 6) is 0.433. The number of rotatable bonds is 4. The smallest absolute Gasteiger partial charge is 0.278 e. The zero-order valence-electron chi connectivity index (χ0n) is 16.7. The fraction of sp³-hybridized carbons (Fsp3) is 0.273. The fourth-order valence-corrected chi connectivity index (χ4v) is 4.37. The van der Waals surface area contributed by atoms with E-state index in [9.17, 15) is 4.79 Å². The van der Waals surface area contributed by atoms with E-state index in [-0.39, 0.29) is 11.6 Å². The van der Waals surface area contributed by atoms with Gasteiger partial charge in [-0.2, -0.15) is 4.98 Å². The number of anilines is 2. The van der Waals surface area contributed by atoms with E-state index < -0.39 is 0 Å². The molecule has 1 aliphatic heterocycles. The number of pyridine rings is 1. The Morgan fingerprint density at radius 2 is 2.06 bits per heavy atom. The van der Waals surface area contributed by atoms with Gasteiger partial charge in [0.25, 0.3) is 5.56 Å². The molecule has 156 valence electrons. The maximum absolute atomic E-state index is 13.1. The number of nitrogens with one attached hydrogen (secondary N) is 2. The molecule has 9 heteroatoms. The predicted octanol–water partition coefficient (Wildman–Crippen LogP) is 3.35. The van der Waals surface area contributed by atoms with E-state index in [1.165, 1.54) is 11.1 Å². The van der Waals surface area contributed by atoms with Crippen molar-refractivity contribution < 1.29 is 0 Å². The maximum atomic E-state index is 13.1. The van der Waals surface area contributed by atoms with E-state index in [4.69, 9.17) is 16.6 Å². The summed E-state index contributed by atoms with van der Waals surface area (Å²) in [4.78, 5) is 26.3. The Kier molecular flexibility index (Phi) is 4.29. The Labute approximate surface area is 182 Å². The molecule has 1 aliphatic carbocycles. The molecule has 0 atom stereocenters. The van der Waals surface area contributed by atoms with Gasteiger partial charge in [-0.1, -0.05) is 17.7 Å². The lowest BCUT2D eigenvalue weighted by molar-refractivity contribution is 0.560. The second-order valence-electron chi connectivity index (χ2n) is 7.99. The number of fused-ring (bicyclic) bond motifs is 2. The minimum Gasteiger partial charge on any atom is -0.324 e. The Bertz CT molecular complexity index is 1370. The molecule has 1 fully saturated rings. The van der Waals surface area contributed by atoms with E-state index in [2.05, 4.69) is 32.7 Å². The third-order valence-corrected chi connectivity index (χ3v) is 6.14. The van der Waals surface area contributed by atoms with E-state index in [1.807, 2.05) is 10.7 Å². The standard InChI is InChI=1S/C22H20ClN7O/c23-18-12-25-8-6-19(18)30-20-17(21(31)29(30)16-3-4-16)11-26-22(28-20)27-15-2-1-13-5-7-24-10-14(13)9-15/h1-2,6,8-9,11-12,16,24H,3-5,7,10H2,(H,26,27,28). The average Bonchev–Trinajstić information content (AvgIpc) is 3.58. The van der Waals surface area contributed by atoms with E-state index in [0.29, 0.717) is 27.7 Å². The van der Waals surface area contributed by atoms with Crippen LogP contribution in [0.3, 0.4) is 0 Å². The fourth-order valence-electron chi connectivity index (χ4n) is 4.17. The van der Waals surface area contributed by atoms with Crippen LogP contribution >= 0.6 is 11.6 Å². The molecule has 0 spiro atoms. The van der Waals surface area contributed by atoms with Gasteiger partial charge in [0.2, 0.25) is 5.95 Å². The van der Waals surface area contributed by atoms with Crippen molar-refractivity contribution in [2.24, 2.45) is 0 Å². The molecule has 8 nitrogen and oxygen atoms in total. The molecule has 31 heavy (non-hydrogen) atoms. The summed E-state index contributed by atoms with van der Waals surface area (Å²) in [6.45, 7) is 1.86. The normalized spacial score (nSPS) is 15.8. The average molecular weight is 434 g/mol. The SMILES string of the molecule is O=c1c2cnc(Nc3ccc4c(c3)CNCC4)nc2n(-c2ccncc2Cl)n1C1CC1. The molecular weight excluding hydrogens is 414 g/mol. The Morgan fingerprint density at radius 3 is 2.90 bits per heavy atom. The first-order chi connectivity index (χ1) is 15.2. The number of halogens is 1. The summed E-state index contributed by atoms with van der Waals surface area (Å²) >= 11 is 6.44. The maximum Gasteiger partial charge on any atom is 0.278 e. The summed E-state index contributed by atoms with van der Waals surface area (Å²) in [5, 5.41) is 7.62. The van der Waals surface area contributed by atoms with Crippen LogP contribution in [0, 0.1) is 0 Å². The van der Waals surface area contributed by atoms with E-state index in [0.717, 1.165) is 38.0 Å². The van der Waals surface area contributed by atoms with Gasteiger partial charge in [0.1, 0.15) is 5.39 Å². The molecule has 2 N–H and O–H groups in total. The molecule has 2 aliphatic rings. The van der Waals surface area contributed by atoms with Crippen LogP contribution in [0.25, 0.3) is 16.7 Å². The van der Waals surface area contributed by atoms with E-state index in [1.54, 1.807) is 29.3 Å². The zero-order valence-corrected chi connectivity index (χ0v) is 17.4. The van der Waals surface area contributed by atoms with Crippen LogP contribution < -0.4 is 16.2 Å². The molecule has 0 amide bonds. The number of hydrogen-bond donors (Lipinski definition) is 2. The van der Waals surface area contributed by atoms with Crippen molar-refractivity contribution in [3.8, 4) is 5.69 Å². The summed E-state index contributed by atoms with van der Waals surface area (Å²) in [7, 11) is 0. The summed E-state index contributed by atoms with van der Waals surface area (Å²) < 4.78 is 3.55. The summed E-state index contributed by atoms with van der Waals surface area (Å²) in [5.41, 5.74) is 4.67. The lowest BCUT2D eigenvalue weighted by Crippen LogP contribution is -2.23. The van der Waals surface area contributed by atoms with Crippen LogP contribution in [0.15, 0.2) is 47.7 Å². The highest BCUT2D eigenvalue weighted by molar-refractivity contribution is 6.32. The Balaban J connectivity index is 1.47. The zero-order chi connectivity index (χ0) is 20.9. The minimum absolute atomic E-state index is 0.100. The van der Waals surface area contributed by atoms with Gasteiger partial charge in [0.15, 0.2) is 5.65 Å². The van der Waals surface area contributed by atoms with E-state index >= 15 is 0 Å². The topological polar surface area (TPSA) is 89.7 Å². The lowest BCUT2D eigenvalue weighted by atomic mass is 10.0. The van der Waals surface area contributed by atoms with Crippen molar-refractivity contribution in [1.29, 1.82) is 0 Å². The van der Waals surface area contributed by atoms with Crippen molar-refractivity contribution in [2.45, 2.75) is 31.8 Å². The van der Waals surface area contributed by atoms with Crippen LogP contribution in [0.4, 0.5) is 11.6 Å². The van der Waals surface area contributed by atoms with Gasteiger partial charge >= 0.3 is 0 Å². The molecule has 1 saturated carbocycles. The first kappa shape index (κ1) is 18.5. The third kappa shape index (κ3) is 3.19. The largest absolute Gasteiger partial charge is 0.324 e. The van der Waals surface area contributed by atoms with Crippen LogP contribution in [0.5, 0.6) is 0 Å². The highest BCUT2D eigenvalue weighted by Gasteiger charge is 2.31. The van der Waals surface area contributed by atoms with Crippen molar-refractivity contribution >= 4 is 34.3 Å². The minimum atomic E-state index is -0.100. The quantitative estimate of drug-likeness (QED) is 0.513. The van der Waals surface area contributed by atoms with Crippen LogP contribution in [0.1, 0.15) is 30.0 Å². The molecular formula is C22H20ClN7O. The van der Waals surface area contributed by atoms with Crippen molar-refractivity contribution in [3.05, 3.63) is 69.4 Å². The van der Waals surface area contributed by atoms with Gasteiger partial charge < -0.3 is 10.6 Å². The highest BCUT2D eigenvalue weighted by atomic mass is 35.5. The first-order valence-corrected chi connectivity index (χ1v) is 10.8. The molecule has 1 aromatic carbocycles. The third-order valence-electron chi connectivity index (χ3n) is 5.84. The molecule has 6 rings (SSSR count). The molecule has 0 saturated heterocycles. The van der Waals surface area contributed by atoms with Crippen LogP contribution in [-0.2, 0) is 13.0 Å². The highest BCUT2D eigenvalue weighted by Crippen LogP contribution is 2.36. The van der Waals surface area contributed by atoms with Crippen molar-refractivity contribution in [2.75, 3.05) is 11.9 Å². The lowest BCUT2D eigenvalue weighted by Gasteiger charge is -2.18. The van der Waals surface area contributed by atoms with Gasteiger partial charge in [-0.25, -0.2) is 14.3 Å². The first-order valence-electron chi connectivity index (χ1n) is 10.4. The monoisotopic (exact) mass is 433 g/mol. The van der Waals surface area contributed by atoms with Crippen LogP contribution in [-0.4, -0.2) is 30.9 Å². The molecule has 4 heterocycles. The van der Waals surface area contributed by atoms with Crippen LogP contribution in [0.2, 0.25) is 5.02 Å².